The van der Waals surface area contributed by atoms with Gasteiger partial charge < -0.3 is 9.64 Å². The number of benzene rings is 1. The fourth-order valence-electron chi connectivity index (χ4n) is 3.94. The number of rotatable bonds is 3. The lowest BCUT2D eigenvalue weighted by molar-refractivity contribution is -0.138. The molecule has 23 heavy (non-hydrogen) atoms. The van der Waals surface area contributed by atoms with Gasteiger partial charge in [0.1, 0.15) is 5.75 Å². The highest BCUT2D eigenvalue weighted by Crippen LogP contribution is 2.40. The molecule has 0 amide bonds. The summed E-state index contributed by atoms with van der Waals surface area (Å²) in [5.74, 6) is -0.466. The predicted molar refractivity (Wildman–Crippen MR) is 79.6 cm³/mol. The van der Waals surface area contributed by atoms with E-state index in [1.54, 1.807) is 0 Å². The number of alkyl halides is 3. The van der Waals surface area contributed by atoms with Gasteiger partial charge in [-0.2, -0.15) is 13.2 Å². The zero-order valence-corrected chi connectivity index (χ0v) is 13.2. The minimum atomic E-state index is -4.49. The van der Waals surface area contributed by atoms with Crippen molar-refractivity contribution in [2.75, 3.05) is 14.2 Å². The van der Waals surface area contributed by atoms with Crippen molar-refractivity contribution in [1.82, 2.24) is 4.90 Å². The minimum absolute atomic E-state index is 0.0676. The van der Waals surface area contributed by atoms with Crippen LogP contribution in [0.15, 0.2) is 18.2 Å². The number of piperidine rings is 1. The number of methoxy groups -OCH3 is 1. The summed E-state index contributed by atoms with van der Waals surface area (Å²) in [5.41, 5.74) is -0.538. The molecule has 0 aromatic heterocycles. The Labute approximate surface area is 133 Å². The highest BCUT2D eigenvalue weighted by atomic mass is 19.4. The van der Waals surface area contributed by atoms with Crippen LogP contribution in [0.2, 0.25) is 0 Å². The lowest BCUT2D eigenvalue weighted by Crippen LogP contribution is -2.42. The third kappa shape index (κ3) is 2.96. The van der Waals surface area contributed by atoms with Gasteiger partial charge in [0.2, 0.25) is 0 Å². The number of fused-ring (bicyclic) bond motifs is 2. The Morgan fingerprint density at radius 2 is 1.83 bits per heavy atom. The molecule has 2 aliphatic heterocycles. The highest BCUT2D eigenvalue weighted by Gasteiger charge is 2.41. The molecule has 2 aliphatic rings. The van der Waals surface area contributed by atoms with Crippen molar-refractivity contribution in [1.29, 1.82) is 0 Å². The van der Waals surface area contributed by atoms with E-state index in [2.05, 4.69) is 11.9 Å². The summed E-state index contributed by atoms with van der Waals surface area (Å²) in [6.45, 7) is 0. The molecule has 3 nitrogen and oxygen atoms in total. The number of hydrogen-bond acceptors (Lipinski definition) is 3. The van der Waals surface area contributed by atoms with Gasteiger partial charge in [0, 0.05) is 23.6 Å². The van der Waals surface area contributed by atoms with Crippen molar-refractivity contribution in [2.45, 2.75) is 43.9 Å². The minimum Gasteiger partial charge on any atom is -0.496 e. The Morgan fingerprint density at radius 3 is 2.35 bits per heavy atom. The maximum atomic E-state index is 12.9. The largest absolute Gasteiger partial charge is 0.496 e. The van der Waals surface area contributed by atoms with Crippen molar-refractivity contribution in [3.63, 3.8) is 0 Å². The fourth-order valence-corrected chi connectivity index (χ4v) is 3.94. The third-order valence-electron chi connectivity index (χ3n) is 5.26. The fraction of sp³-hybridized carbons (Fsp3) is 0.588. The van der Waals surface area contributed by atoms with Crippen LogP contribution in [0, 0.1) is 5.92 Å². The second kappa shape index (κ2) is 5.82. The number of halogens is 3. The van der Waals surface area contributed by atoms with Crippen molar-refractivity contribution in [3.8, 4) is 5.75 Å². The molecule has 0 saturated carbocycles. The molecule has 2 fully saturated rings. The second-order valence-corrected chi connectivity index (χ2v) is 6.50. The summed E-state index contributed by atoms with van der Waals surface area (Å²) in [5, 5.41) is 0. The van der Waals surface area contributed by atoms with Crippen LogP contribution in [0.4, 0.5) is 13.2 Å². The number of ketones is 1. The summed E-state index contributed by atoms with van der Waals surface area (Å²) in [7, 11) is 3.28. The van der Waals surface area contributed by atoms with Crippen molar-refractivity contribution in [3.05, 3.63) is 29.3 Å². The maximum Gasteiger partial charge on any atom is 0.419 e. The molecule has 0 radical (unpaired) electrons. The van der Waals surface area contributed by atoms with Crippen LogP contribution < -0.4 is 4.74 Å². The van der Waals surface area contributed by atoms with Crippen LogP contribution in [0.5, 0.6) is 5.75 Å². The number of ether oxygens (including phenoxy) is 1. The van der Waals surface area contributed by atoms with E-state index >= 15 is 0 Å². The van der Waals surface area contributed by atoms with Crippen molar-refractivity contribution in [2.24, 2.45) is 5.92 Å². The van der Waals surface area contributed by atoms with E-state index in [4.69, 9.17) is 4.74 Å². The molecule has 1 aromatic rings. The molecule has 0 N–H and O–H groups in total. The first kappa shape index (κ1) is 16.3. The van der Waals surface area contributed by atoms with Crippen LogP contribution in [-0.4, -0.2) is 36.9 Å². The Hall–Kier alpha value is -1.56. The average molecular weight is 327 g/mol. The second-order valence-electron chi connectivity index (χ2n) is 6.50. The van der Waals surface area contributed by atoms with E-state index in [1.165, 1.54) is 19.2 Å². The molecular weight excluding hydrogens is 307 g/mol. The van der Waals surface area contributed by atoms with Gasteiger partial charge in [-0.3, -0.25) is 4.79 Å². The Kier molecular flexibility index (Phi) is 4.12. The van der Waals surface area contributed by atoms with E-state index in [0.29, 0.717) is 17.6 Å². The number of Topliss-reactive ketones (excluding diaryl/α,β-unsaturated/α-hetero) is 1. The van der Waals surface area contributed by atoms with Crippen LogP contribution in [-0.2, 0) is 6.18 Å². The van der Waals surface area contributed by atoms with Crippen molar-refractivity contribution < 1.29 is 22.7 Å². The molecule has 2 bridgehead atoms. The Bertz CT molecular complexity index is 600. The van der Waals surface area contributed by atoms with Crippen LogP contribution >= 0.6 is 0 Å². The monoisotopic (exact) mass is 327 g/mol. The Morgan fingerprint density at radius 1 is 1.22 bits per heavy atom. The van der Waals surface area contributed by atoms with Crippen LogP contribution in [0.1, 0.15) is 41.6 Å². The quantitative estimate of drug-likeness (QED) is 0.792. The summed E-state index contributed by atoms with van der Waals surface area (Å²) >= 11 is 0. The molecule has 2 saturated heterocycles. The first-order chi connectivity index (χ1) is 10.8. The molecule has 126 valence electrons. The third-order valence-corrected chi connectivity index (χ3v) is 5.26. The zero-order chi connectivity index (χ0) is 16.8. The van der Waals surface area contributed by atoms with Gasteiger partial charge in [-0.05, 0) is 44.9 Å². The van der Waals surface area contributed by atoms with Gasteiger partial charge in [0.25, 0.3) is 0 Å². The van der Waals surface area contributed by atoms with Crippen LogP contribution in [0.3, 0.4) is 0 Å². The first-order valence-corrected chi connectivity index (χ1v) is 7.82. The molecule has 1 aromatic carbocycles. The maximum absolute atomic E-state index is 12.9. The number of hydrogen-bond donors (Lipinski definition) is 0. The van der Waals surface area contributed by atoms with E-state index in [-0.39, 0.29) is 17.5 Å². The number of carbonyl (C=O) groups excluding carboxylic acids is 1. The van der Waals surface area contributed by atoms with E-state index in [0.717, 1.165) is 31.7 Å². The molecule has 3 rings (SSSR count). The SMILES string of the molecule is COc1cc(C(=O)C2CC3CCC(C2)N3C)ccc1C(F)(F)F. The first-order valence-electron chi connectivity index (χ1n) is 7.82. The molecule has 2 atom stereocenters. The summed E-state index contributed by atoms with van der Waals surface area (Å²) in [6, 6.07) is 4.27. The van der Waals surface area contributed by atoms with E-state index < -0.39 is 11.7 Å². The van der Waals surface area contributed by atoms with E-state index in [9.17, 15) is 18.0 Å². The van der Waals surface area contributed by atoms with Crippen molar-refractivity contribution >= 4 is 5.78 Å². The average Bonchev–Trinajstić information content (AvgIpc) is 2.74. The standard InChI is InChI=1S/C17H20F3NO2/c1-21-12-4-5-13(21)8-11(7-12)16(22)10-3-6-14(17(18,19)20)15(9-10)23-2/h3,6,9,11-13H,4-5,7-8H2,1-2H3. The predicted octanol–water partition coefficient (Wildman–Crippen LogP) is 3.77. The summed E-state index contributed by atoms with van der Waals surface area (Å²) in [4.78, 5) is 15.0. The van der Waals surface area contributed by atoms with Gasteiger partial charge in [-0.15, -0.1) is 0 Å². The van der Waals surface area contributed by atoms with Crippen LogP contribution in [0.25, 0.3) is 0 Å². The molecule has 0 aliphatic carbocycles. The number of carbonyl (C=O) groups is 1. The summed E-state index contributed by atoms with van der Waals surface area (Å²) < 4.78 is 43.6. The molecule has 2 unspecified atom stereocenters. The topological polar surface area (TPSA) is 29.5 Å². The van der Waals surface area contributed by atoms with Gasteiger partial charge in [-0.1, -0.05) is 6.07 Å². The molecule has 2 heterocycles. The highest BCUT2D eigenvalue weighted by molar-refractivity contribution is 5.98. The smallest absolute Gasteiger partial charge is 0.419 e. The normalized spacial score (nSPS) is 28.0. The van der Waals surface area contributed by atoms with E-state index in [1.807, 2.05) is 0 Å². The molecule has 6 heteroatoms. The summed E-state index contributed by atoms with van der Waals surface area (Å²) in [6.07, 6.45) is -0.716. The Balaban J connectivity index is 1.83. The van der Waals surface area contributed by atoms with Gasteiger partial charge in [-0.25, -0.2) is 0 Å². The molecular formula is C17H20F3NO2. The van der Waals surface area contributed by atoms with Gasteiger partial charge in [0.15, 0.2) is 5.78 Å². The van der Waals surface area contributed by atoms with Gasteiger partial charge >= 0.3 is 6.18 Å². The zero-order valence-electron chi connectivity index (χ0n) is 13.2. The number of nitrogens with zero attached hydrogens (tertiary/aromatic N) is 1. The lowest BCUT2D eigenvalue weighted by atomic mass is 9.85. The lowest BCUT2D eigenvalue weighted by Gasteiger charge is -2.35. The molecule has 0 spiro atoms. The van der Waals surface area contributed by atoms with Gasteiger partial charge in [0.05, 0.1) is 12.7 Å².